The maximum absolute atomic E-state index is 11.7. The van der Waals surface area contributed by atoms with Crippen molar-refractivity contribution in [1.29, 1.82) is 0 Å². The second-order valence-corrected chi connectivity index (χ2v) is 4.84. The number of carbonyl (C=O) groups is 1. The van der Waals surface area contributed by atoms with Gasteiger partial charge in [0.1, 0.15) is 0 Å². The van der Waals surface area contributed by atoms with Gasteiger partial charge in [0.15, 0.2) is 0 Å². The summed E-state index contributed by atoms with van der Waals surface area (Å²) >= 11 is 0. The van der Waals surface area contributed by atoms with Crippen LogP contribution in [0, 0.1) is 11.8 Å². The highest BCUT2D eigenvalue weighted by atomic mass is 16.5. The summed E-state index contributed by atoms with van der Waals surface area (Å²) in [6, 6.07) is 0. The Hall–Kier alpha value is -0.790. The van der Waals surface area contributed by atoms with Gasteiger partial charge in [0.25, 0.3) is 0 Å². The number of esters is 1. The van der Waals surface area contributed by atoms with Crippen molar-refractivity contribution in [2.45, 2.75) is 54.6 Å². The topological polar surface area (TPSA) is 26.3 Å². The molecule has 0 unspecified atom stereocenters. The van der Waals surface area contributed by atoms with E-state index in [1.165, 1.54) is 5.57 Å². The summed E-state index contributed by atoms with van der Waals surface area (Å²) < 4.78 is 5.20. The summed E-state index contributed by atoms with van der Waals surface area (Å²) in [5.74, 6) is 0.608. The van der Waals surface area contributed by atoms with Crippen LogP contribution in [0.2, 0.25) is 0 Å². The minimum Gasteiger partial charge on any atom is -0.460 e. The van der Waals surface area contributed by atoms with Gasteiger partial charge in [0, 0.05) is 5.57 Å². The molecule has 2 nitrogen and oxygen atoms in total. The fraction of sp³-hybridized carbons (Fsp3) is 0.769. The normalized spacial score (nSPS) is 11.1. The fourth-order valence-corrected chi connectivity index (χ4v) is 1.95. The molecule has 0 aromatic rings. The molecule has 0 saturated carbocycles. The summed E-state index contributed by atoms with van der Waals surface area (Å²) in [6.07, 6.45) is -0.0481. The number of hydrogen-bond acceptors (Lipinski definition) is 2. The molecule has 15 heavy (non-hydrogen) atoms. The van der Waals surface area contributed by atoms with Crippen molar-refractivity contribution < 1.29 is 9.53 Å². The van der Waals surface area contributed by atoms with Crippen LogP contribution in [0.25, 0.3) is 0 Å². The van der Waals surface area contributed by atoms with Crippen LogP contribution in [0.1, 0.15) is 48.5 Å². The van der Waals surface area contributed by atoms with Crippen molar-refractivity contribution in [1.82, 2.24) is 0 Å². The molecule has 0 aliphatic carbocycles. The van der Waals surface area contributed by atoms with Gasteiger partial charge >= 0.3 is 5.97 Å². The summed E-state index contributed by atoms with van der Waals surface area (Å²) in [5.41, 5.74) is 1.97. The molecule has 0 bridgehead atoms. The average molecular weight is 212 g/mol. The van der Waals surface area contributed by atoms with E-state index in [2.05, 4.69) is 27.7 Å². The average Bonchev–Trinajstić information content (AvgIpc) is 2.00. The predicted molar refractivity (Wildman–Crippen MR) is 63.6 cm³/mol. The van der Waals surface area contributed by atoms with E-state index in [0.29, 0.717) is 11.8 Å². The molecule has 0 saturated heterocycles. The maximum Gasteiger partial charge on any atom is 0.333 e. The molecule has 0 amide bonds. The van der Waals surface area contributed by atoms with E-state index >= 15 is 0 Å². The Balaban J connectivity index is 4.93. The molecular weight excluding hydrogens is 188 g/mol. The van der Waals surface area contributed by atoms with Gasteiger partial charge in [-0.05, 0) is 32.6 Å². The van der Waals surface area contributed by atoms with E-state index in [-0.39, 0.29) is 12.1 Å². The lowest BCUT2D eigenvalue weighted by molar-refractivity contribution is -0.142. The van der Waals surface area contributed by atoms with Crippen LogP contribution in [-0.2, 0) is 9.53 Å². The van der Waals surface area contributed by atoms with E-state index in [0.717, 1.165) is 5.57 Å². The van der Waals surface area contributed by atoms with Gasteiger partial charge in [-0.3, -0.25) is 0 Å². The van der Waals surface area contributed by atoms with E-state index < -0.39 is 0 Å². The summed E-state index contributed by atoms with van der Waals surface area (Å²) in [5, 5.41) is 0. The second-order valence-electron chi connectivity index (χ2n) is 4.84. The Kier molecular flexibility index (Phi) is 5.63. The first kappa shape index (κ1) is 14.2. The predicted octanol–water partition coefficient (Wildman–Crippen LogP) is 3.57. The molecule has 0 aromatic carbocycles. The van der Waals surface area contributed by atoms with Gasteiger partial charge in [-0.2, -0.15) is 0 Å². The largest absolute Gasteiger partial charge is 0.460 e. The van der Waals surface area contributed by atoms with Crippen molar-refractivity contribution in [2.75, 3.05) is 0 Å². The zero-order chi connectivity index (χ0) is 12.2. The van der Waals surface area contributed by atoms with Crippen molar-refractivity contribution in [2.24, 2.45) is 11.8 Å². The van der Waals surface area contributed by atoms with Crippen LogP contribution in [0.15, 0.2) is 11.1 Å². The summed E-state index contributed by atoms with van der Waals surface area (Å²) in [6.45, 7) is 14.1. The van der Waals surface area contributed by atoms with E-state index in [1.807, 2.05) is 20.8 Å². The lowest BCUT2D eigenvalue weighted by Gasteiger charge is -2.19. The highest BCUT2D eigenvalue weighted by Crippen LogP contribution is 2.24. The van der Waals surface area contributed by atoms with Gasteiger partial charge in [-0.1, -0.05) is 33.3 Å². The first-order valence-electron chi connectivity index (χ1n) is 5.69. The Bertz CT molecular complexity index is 237. The quantitative estimate of drug-likeness (QED) is 0.526. The van der Waals surface area contributed by atoms with E-state index in [9.17, 15) is 4.79 Å². The first-order valence-corrected chi connectivity index (χ1v) is 5.69. The third kappa shape index (κ3) is 4.50. The Morgan fingerprint density at radius 2 is 1.33 bits per heavy atom. The van der Waals surface area contributed by atoms with E-state index in [4.69, 9.17) is 4.74 Å². The molecular formula is C13H24O2. The Labute approximate surface area is 93.7 Å². The minimum absolute atomic E-state index is 0.0481. The molecule has 0 aromatic heterocycles. The highest BCUT2D eigenvalue weighted by molar-refractivity contribution is 5.88. The van der Waals surface area contributed by atoms with Crippen LogP contribution in [0.4, 0.5) is 0 Å². The van der Waals surface area contributed by atoms with Gasteiger partial charge in [-0.15, -0.1) is 0 Å². The maximum atomic E-state index is 11.7. The van der Waals surface area contributed by atoms with E-state index in [1.54, 1.807) is 0 Å². The van der Waals surface area contributed by atoms with Crippen LogP contribution in [-0.4, -0.2) is 12.1 Å². The monoisotopic (exact) mass is 212 g/mol. The summed E-state index contributed by atoms with van der Waals surface area (Å²) in [4.78, 5) is 11.7. The van der Waals surface area contributed by atoms with Crippen LogP contribution in [0.3, 0.4) is 0 Å². The molecule has 0 atom stereocenters. The fourth-order valence-electron chi connectivity index (χ4n) is 1.95. The molecule has 0 rings (SSSR count). The molecule has 0 heterocycles. The SMILES string of the molecule is CC(C(=O)OC(C)C)=C(C(C)C)C(C)C. The van der Waals surface area contributed by atoms with Gasteiger partial charge in [-0.25, -0.2) is 4.79 Å². The summed E-state index contributed by atoms with van der Waals surface area (Å²) in [7, 11) is 0. The number of carbonyl (C=O) groups excluding carboxylic acids is 1. The Morgan fingerprint density at radius 3 is 1.60 bits per heavy atom. The van der Waals surface area contributed by atoms with Crippen molar-refractivity contribution in [3.63, 3.8) is 0 Å². The van der Waals surface area contributed by atoms with Gasteiger partial charge in [0.2, 0.25) is 0 Å². The highest BCUT2D eigenvalue weighted by Gasteiger charge is 2.18. The van der Waals surface area contributed by atoms with Crippen molar-refractivity contribution in [3.05, 3.63) is 11.1 Å². The van der Waals surface area contributed by atoms with Crippen LogP contribution >= 0.6 is 0 Å². The zero-order valence-electron chi connectivity index (χ0n) is 11.0. The molecule has 0 aliphatic heterocycles. The smallest absolute Gasteiger partial charge is 0.333 e. The molecule has 0 aliphatic rings. The van der Waals surface area contributed by atoms with Crippen LogP contribution < -0.4 is 0 Å². The Morgan fingerprint density at radius 1 is 0.933 bits per heavy atom. The second kappa shape index (κ2) is 5.94. The van der Waals surface area contributed by atoms with Crippen LogP contribution in [0.5, 0.6) is 0 Å². The number of allylic oxidation sites excluding steroid dienone is 1. The molecule has 0 spiro atoms. The lowest BCUT2D eigenvalue weighted by Crippen LogP contribution is -2.17. The lowest BCUT2D eigenvalue weighted by atomic mass is 9.88. The number of hydrogen-bond donors (Lipinski definition) is 0. The molecule has 0 fully saturated rings. The van der Waals surface area contributed by atoms with Crippen molar-refractivity contribution in [3.8, 4) is 0 Å². The van der Waals surface area contributed by atoms with Crippen molar-refractivity contribution >= 4 is 5.97 Å². The standard InChI is InChI=1S/C13H24O2/c1-8(2)12(9(3)4)11(7)13(14)15-10(5)6/h8-10H,1-7H3. The molecule has 0 radical (unpaired) electrons. The molecule has 2 heteroatoms. The number of ether oxygens (including phenoxy) is 1. The molecule has 88 valence electrons. The van der Waals surface area contributed by atoms with Gasteiger partial charge < -0.3 is 4.74 Å². The third-order valence-corrected chi connectivity index (χ3v) is 2.33. The number of rotatable bonds is 4. The van der Waals surface area contributed by atoms with Gasteiger partial charge in [0.05, 0.1) is 6.10 Å². The first-order chi connectivity index (χ1) is 6.77. The minimum atomic E-state index is -0.178. The molecule has 0 N–H and O–H groups in total. The zero-order valence-corrected chi connectivity index (χ0v) is 11.0. The third-order valence-electron chi connectivity index (χ3n) is 2.33.